The lowest BCUT2D eigenvalue weighted by Crippen LogP contribution is -2.66. The second kappa shape index (κ2) is 21.0. The van der Waals surface area contributed by atoms with Gasteiger partial charge in [-0.2, -0.15) is 0 Å². The lowest BCUT2D eigenvalue weighted by molar-refractivity contribution is -0.367. The Labute approximate surface area is 325 Å². The molecule has 0 bridgehead atoms. The first-order valence-corrected chi connectivity index (χ1v) is 18.2. The maximum Gasteiger partial charge on any atom is 0.303 e. The highest BCUT2D eigenvalue weighted by molar-refractivity contribution is 5.67. The van der Waals surface area contributed by atoms with Crippen LogP contribution in [0, 0.1) is 0 Å². The van der Waals surface area contributed by atoms with E-state index in [0.29, 0.717) is 0 Å². The molecule has 302 valence electrons. The average Bonchev–Trinajstić information content (AvgIpc) is 3.17. The predicted octanol–water partition coefficient (Wildman–Crippen LogP) is 3.56. The normalized spacial score (nSPS) is 27.4. The number of benzene rings is 3. The molecule has 2 saturated heterocycles. The fraction of sp³-hybridized carbons (Fsp3) is 0.463. The van der Waals surface area contributed by atoms with Gasteiger partial charge in [0.25, 0.3) is 0 Å². The van der Waals surface area contributed by atoms with Crippen LogP contribution in [0.2, 0.25) is 0 Å². The molecule has 2 heterocycles. The molecule has 15 nitrogen and oxygen atoms in total. The van der Waals surface area contributed by atoms with E-state index >= 15 is 0 Å². The first-order valence-electron chi connectivity index (χ1n) is 18.2. The van der Waals surface area contributed by atoms with Gasteiger partial charge in [0.15, 0.2) is 24.8 Å². The number of aliphatic hydroxyl groups excluding tert-OH is 1. The van der Waals surface area contributed by atoms with Gasteiger partial charge in [-0.3, -0.25) is 19.2 Å². The Hall–Kier alpha value is -4.74. The maximum atomic E-state index is 12.5. The van der Waals surface area contributed by atoms with Crippen molar-refractivity contribution in [1.29, 1.82) is 0 Å². The monoisotopic (exact) mass is 780 g/mol. The van der Waals surface area contributed by atoms with Crippen molar-refractivity contribution in [3.63, 3.8) is 0 Å². The number of carbonyl (C=O) groups excluding carboxylic acids is 4. The van der Waals surface area contributed by atoms with E-state index < -0.39 is 91.9 Å². The third kappa shape index (κ3) is 12.4. The molecule has 0 saturated carbocycles. The van der Waals surface area contributed by atoms with Gasteiger partial charge in [0.1, 0.15) is 49.8 Å². The third-order valence-electron chi connectivity index (χ3n) is 8.85. The number of aliphatic hydroxyl groups is 1. The van der Waals surface area contributed by atoms with Crippen LogP contribution < -0.4 is 0 Å². The molecule has 2 aliphatic rings. The van der Waals surface area contributed by atoms with Gasteiger partial charge in [0, 0.05) is 27.7 Å². The molecule has 15 heteroatoms. The van der Waals surface area contributed by atoms with Crippen LogP contribution >= 0.6 is 0 Å². The van der Waals surface area contributed by atoms with Crippen molar-refractivity contribution in [3.8, 4) is 0 Å². The van der Waals surface area contributed by atoms with Crippen LogP contribution in [0.25, 0.3) is 0 Å². The summed E-state index contributed by atoms with van der Waals surface area (Å²) in [5.41, 5.74) is 2.49. The van der Waals surface area contributed by atoms with E-state index in [1.807, 2.05) is 91.0 Å². The first kappa shape index (κ1) is 42.4. The van der Waals surface area contributed by atoms with Crippen LogP contribution in [-0.2, 0) is 86.4 Å². The minimum absolute atomic E-state index is 0.0478. The fourth-order valence-electron chi connectivity index (χ4n) is 6.38. The highest BCUT2D eigenvalue weighted by Crippen LogP contribution is 2.36. The Morgan fingerprint density at radius 2 is 0.911 bits per heavy atom. The summed E-state index contributed by atoms with van der Waals surface area (Å²) in [6.45, 7) is 4.22. The zero-order valence-electron chi connectivity index (χ0n) is 31.6. The number of carbonyl (C=O) groups is 4. The fourth-order valence-corrected chi connectivity index (χ4v) is 6.38. The Morgan fingerprint density at radius 3 is 1.36 bits per heavy atom. The van der Waals surface area contributed by atoms with Crippen molar-refractivity contribution in [1.82, 2.24) is 0 Å². The molecule has 0 amide bonds. The van der Waals surface area contributed by atoms with Crippen molar-refractivity contribution in [2.24, 2.45) is 0 Å². The highest BCUT2D eigenvalue weighted by Gasteiger charge is 2.55. The van der Waals surface area contributed by atoms with E-state index in [-0.39, 0.29) is 26.4 Å². The minimum Gasteiger partial charge on any atom is -0.463 e. The second-order valence-corrected chi connectivity index (χ2v) is 13.2. The summed E-state index contributed by atoms with van der Waals surface area (Å²) in [6.07, 6.45) is -13.1. The summed E-state index contributed by atoms with van der Waals surface area (Å²) in [5, 5.41) is 11.2. The van der Waals surface area contributed by atoms with Crippen LogP contribution in [0.4, 0.5) is 0 Å². The quantitative estimate of drug-likeness (QED) is 0.155. The summed E-state index contributed by atoms with van der Waals surface area (Å²) in [5.74, 6) is -2.82. The van der Waals surface area contributed by atoms with Gasteiger partial charge in [0.05, 0.1) is 19.8 Å². The van der Waals surface area contributed by atoms with Gasteiger partial charge in [-0.15, -0.1) is 0 Å². The van der Waals surface area contributed by atoms with E-state index in [1.54, 1.807) is 0 Å². The van der Waals surface area contributed by atoms with E-state index in [0.717, 1.165) is 30.5 Å². The van der Waals surface area contributed by atoms with E-state index in [9.17, 15) is 24.3 Å². The highest BCUT2D eigenvalue weighted by atomic mass is 16.8. The molecule has 2 fully saturated rings. The van der Waals surface area contributed by atoms with Gasteiger partial charge in [-0.1, -0.05) is 91.0 Å². The van der Waals surface area contributed by atoms with Gasteiger partial charge in [-0.05, 0) is 16.7 Å². The summed E-state index contributed by atoms with van der Waals surface area (Å²) >= 11 is 0. The molecular formula is C41H48O15. The van der Waals surface area contributed by atoms with Crippen molar-refractivity contribution in [2.75, 3.05) is 13.2 Å². The first-order chi connectivity index (χ1) is 27.0. The van der Waals surface area contributed by atoms with Crippen LogP contribution in [0.5, 0.6) is 0 Å². The largest absolute Gasteiger partial charge is 0.463 e. The van der Waals surface area contributed by atoms with Gasteiger partial charge in [-0.25, -0.2) is 0 Å². The van der Waals surface area contributed by atoms with Crippen LogP contribution in [0.15, 0.2) is 91.0 Å². The molecule has 3 aromatic carbocycles. The van der Waals surface area contributed by atoms with Gasteiger partial charge < -0.3 is 52.5 Å². The molecule has 3 aromatic rings. The predicted molar refractivity (Wildman–Crippen MR) is 194 cm³/mol. The average molecular weight is 781 g/mol. The molecular weight excluding hydrogens is 732 g/mol. The molecule has 56 heavy (non-hydrogen) atoms. The minimum atomic E-state index is -1.83. The standard InChI is InChI=1S/C41H48O15/c1-25(42)47-23-32-34(49-20-29-14-8-5-9-15-29)36(50-21-30-16-10-6-11-17-30)39(51-22-31-18-12-7-13-19-31)41(55-32)56-37-35(52-27(3)44)33(24-48-26(2)43)54-40(46)38(37)53-28(4)45/h5-19,32-41,46H,20-24H2,1-4H3/t32-,33-,34-,35-,36+,37+,38+,39+,40+,41-/m1/s1. The number of hydrogen-bond acceptors (Lipinski definition) is 15. The number of esters is 4. The molecule has 2 aliphatic heterocycles. The molecule has 1 N–H and O–H groups in total. The third-order valence-corrected chi connectivity index (χ3v) is 8.85. The summed E-state index contributed by atoms with van der Waals surface area (Å²) in [6, 6.07) is 28.2. The van der Waals surface area contributed by atoms with Crippen molar-refractivity contribution < 1.29 is 71.7 Å². The van der Waals surface area contributed by atoms with Gasteiger partial charge in [0.2, 0.25) is 0 Å². The molecule has 0 aliphatic carbocycles. The number of hydrogen-bond donors (Lipinski definition) is 1. The molecule has 0 unspecified atom stereocenters. The Morgan fingerprint density at radius 1 is 0.500 bits per heavy atom. The van der Waals surface area contributed by atoms with E-state index in [1.165, 1.54) is 13.8 Å². The molecule has 0 aromatic heterocycles. The number of ether oxygens (including phenoxy) is 10. The molecule has 0 spiro atoms. The summed E-state index contributed by atoms with van der Waals surface area (Å²) in [7, 11) is 0. The second-order valence-electron chi connectivity index (χ2n) is 13.2. The summed E-state index contributed by atoms with van der Waals surface area (Å²) < 4.78 is 60.5. The van der Waals surface area contributed by atoms with Crippen LogP contribution in [0.1, 0.15) is 44.4 Å². The van der Waals surface area contributed by atoms with Crippen molar-refractivity contribution in [3.05, 3.63) is 108 Å². The molecule has 5 rings (SSSR count). The SMILES string of the molecule is CC(=O)OC[C@H]1O[C@H](O[C@@H]2[C@H](OC(C)=O)[C@@H](O)O[C@H](COC(C)=O)[C@H]2OC(C)=O)[C@@H](OCc2ccccc2)[C@@H](OCc2ccccc2)[C@@H]1OCc1ccccc1. The topological polar surface area (TPSA) is 181 Å². The molecule has 0 radical (unpaired) electrons. The summed E-state index contributed by atoms with van der Waals surface area (Å²) in [4.78, 5) is 48.9. The van der Waals surface area contributed by atoms with Crippen LogP contribution in [-0.4, -0.2) is 104 Å². The van der Waals surface area contributed by atoms with E-state index in [4.69, 9.17) is 47.4 Å². The zero-order chi connectivity index (χ0) is 40.0. The molecule has 10 atom stereocenters. The smallest absolute Gasteiger partial charge is 0.303 e. The Kier molecular flexibility index (Phi) is 15.9. The van der Waals surface area contributed by atoms with E-state index in [2.05, 4.69) is 0 Å². The Balaban J connectivity index is 1.58. The zero-order valence-corrected chi connectivity index (χ0v) is 31.6. The lowest BCUT2D eigenvalue weighted by atomic mass is 9.95. The lowest BCUT2D eigenvalue weighted by Gasteiger charge is -2.49. The van der Waals surface area contributed by atoms with Crippen molar-refractivity contribution >= 4 is 23.9 Å². The number of rotatable bonds is 17. The Bertz CT molecular complexity index is 1690. The van der Waals surface area contributed by atoms with Crippen molar-refractivity contribution in [2.45, 2.75) is 109 Å². The van der Waals surface area contributed by atoms with Gasteiger partial charge >= 0.3 is 23.9 Å². The maximum absolute atomic E-state index is 12.5. The van der Waals surface area contributed by atoms with Crippen LogP contribution in [0.3, 0.4) is 0 Å².